The van der Waals surface area contributed by atoms with Crippen LogP contribution in [0.5, 0.6) is 0 Å². The summed E-state index contributed by atoms with van der Waals surface area (Å²) in [4.78, 5) is 12.8. The number of aliphatic imine (C=N–C) groups is 2. The Labute approximate surface area is 159 Å². The molecule has 1 heterocycles. The summed E-state index contributed by atoms with van der Waals surface area (Å²) in [6.45, 7) is 7.22. The molecule has 0 unspecified atom stereocenters. The monoisotopic (exact) mass is 355 g/mol. The molecule has 0 aliphatic carbocycles. The van der Waals surface area contributed by atoms with Gasteiger partial charge in [-0.3, -0.25) is 14.6 Å². The third kappa shape index (κ3) is 3.42. The number of aromatic nitrogens is 2. The summed E-state index contributed by atoms with van der Waals surface area (Å²) in [7, 11) is 1.70. The maximum atomic E-state index is 9.65. The zero-order valence-corrected chi connectivity index (χ0v) is 15.7. The molecule has 3 aromatic rings. The lowest BCUT2D eigenvalue weighted by Gasteiger charge is -2.19. The van der Waals surface area contributed by atoms with Crippen molar-refractivity contribution in [3.63, 3.8) is 0 Å². The minimum atomic E-state index is -0.729. The van der Waals surface area contributed by atoms with E-state index in [9.17, 15) is 5.26 Å². The predicted octanol–water partition coefficient (Wildman–Crippen LogP) is 4.60. The van der Waals surface area contributed by atoms with Crippen LogP contribution >= 0.6 is 0 Å². The minimum Gasteiger partial charge on any atom is -0.279 e. The summed E-state index contributed by atoms with van der Waals surface area (Å²) >= 11 is 0. The summed E-state index contributed by atoms with van der Waals surface area (Å²) in [5.74, 6) is 1.37. The van der Waals surface area contributed by atoms with Gasteiger partial charge >= 0.3 is 0 Å². The molecule has 0 N–H and O–H groups in total. The molecule has 0 saturated heterocycles. The lowest BCUT2D eigenvalue weighted by molar-refractivity contribution is 0.650. The molecule has 0 bridgehead atoms. The second kappa shape index (κ2) is 7.38. The lowest BCUT2D eigenvalue weighted by Crippen LogP contribution is -2.24. The molecule has 5 heteroatoms. The van der Waals surface area contributed by atoms with E-state index in [-0.39, 0.29) is 0 Å². The smallest absolute Gasteiger partial charge is 0.145 e. The zero-order chi connectivity index (χ0) is 19.4. The van der Waals surface area contributed by atoms with Crippen LogP contribution in [0.2, 0.25) is 0 Å². The molecular weight excluding hydrogens is 334 g/mol. The van der Waals surface area contributed by atoms with Gasteiger partial charge in [0.2, 0.25) is 0 Å². The Bertz CT molecular complexity index is 1090. The van der Waals surface area contributed by atoms with Crippen molar-refractivity contribution >= 4 is 23.3 Å². The number of imidazole rings is 1. The van der Waals surface area contributed by atoms with E-state index in [4.69, 9.17) is 0 Å². The van der Waals surface area contributed by atoms with Crippen LogP contribution in [0.15, 0.2) is 70.9 Å². The van der Waals surface area contributed by atoms with E-state index in [0.29, 0.717) is 5.84 Å². The average Bonchev–Trinajstić information content (AvgIpc) is 3.14. The highest BCUT2D eigenvalue weighted by atomic mass is 15.1. The molecule has 134 valence electrons. The van der Waals surface area contributed by atoms with Gasteiger partial charge in [-0.05, 0) is 43.5 Å². The van der Waals surface area contributed by atoms with Gasteiger partial charge in [-0.1, -0.05) is 36.4 Å². The molecule has 0 saturated carbocycles. The Hall–Kier alpha value is -3.52. The number of benzene rings is 2. The van der Waals surface area contributed by atoms with E-state index in [0.717, 1.165) is 27.9 Å². The molecule has 1 aromatic heterocycles. The van der Waals surface area contributed by atoms with Crippen LogP contribution in [-0.2, 0) is 5.41 Å². The standard InChI is InChI=1S/C22H21N5/c1-22(2,15-23)19-14-26-21(27(19)20(25-4)11-12-24-3)18-10-9-16-7-5-6-8-17(16)13-18/h5-14H,3H2,1-2,4H3/b12-11-,25-20?. The first-order valence-electron chi connectivity index (χ1n) is 8.60. The van der Waals surface area contributed by atoms with Gasteiger partial charge < -0.3 is 0 Å². The van der Waals surface area contributed by atoms with E-state index in [1.54, 1.807) is 25.5 Å². The Morgan fingerprint density at radius 1 is 1.22 bits per heavy atom. The van der Waals surface area contributed by atoms with Crippen molar-refractivity contribution in [2.24, 2.45) is 9.98 Å². The number of hydrogen-bond acceptors (Lipinski definition) is 4. The summed E-state index contributed by atoms with van der Waals surface area (Å²) in [6, 6.07) is 16.7. The van der Waals surface area contributed by atoms with Crippen LogP contribution in [0.25, 0.3) is 22.2 Å². The highest BCUT2D eigenvalue weighted by Crippen LogP contribution is 2.30. The molecule has 0 amide bonds. The topological polar surface area (TPSA) is 66.3 Å². The van der Waals surface area contributed by atoms with Gasteiger partial charge in [0.15, 0.2) is 0 Å². The number of nitrogens with zero attached hydrogens (tertiary/aromatic N) is 5. The van der Waals surface area contributed by atoms with Crippen LogP contribution in [0.4, 0.5) is 0 Å². The molecule has 0 fully saturated rings. The summed E-state index contributed by atoms with van der Waals surface area (Å²) in [5, 5.41) is 11.9. The molecule has 0 aliphatic rings. The fourth-order valence-corrected chi connectivity index (χ4v) is 2.98. The highest BCUT2D eigenvalue weighted by Gasteiger charge is 2.28. The van der Waals surface area contributed by atoms with Gasteiger partial charge in [0.05, 0.1) is 23.4 Å². The van der Waals surface area contributed by atoms with Crippen molar-refractivity contribution in [2.75, 3.05) is 7.05 Å². The molecule has 0 aliphatic heterocycles. The van der Waals surface area contributed by atoms with E-state index < -0.39 is 5.41 Å². The Balaban J connectivity index is 2.27. The van der Waals surface area contributed by atoms with Gasteiger partial charge in [-0.2, -0.15) is 5.26 Å². The normalized spacial score (nSPS) is 12.4. The van der Waals surface area contributed by atoms with Crippen LogP contribution < -0.4 is 0 Å². The second-order valence-electron chi connectivity index (χ2n) is 6.68. The Kier molecular flexibility index (Phi) is 5.00. The fourth-order valence-electron chi connectivity index (χ4n) is 2.98. The van der Waals surface area contributed by atoms with Gasteiger partial charge in [-0.25, -0.2) is 4.98 Å². The summed E-state index contributed by atoms with van der Waals surface area (Å²) < 4.78 is 1.91. The summed E-state index contributed by atoms with van der Waals surface area (Å²) in [5.41, 5.74) is 0.991. The number of nitriles is 1. The van der Waals surface area contributed by atoms with Gasteiger partial charge in [-0.15, -0.1) is 0 Å². The fraction of sp³-hybridized carbons (Fsp3) is 0.182. The van der Waals surface area contributed by atoms with Crippen molar-refractivity contribution in [2.45, 2.75) is 19.3 Å². The van der Waals surface area contributed by atoms with Crippen molar-refractivity contribution in [3.05, 3.63) is 66.6 Å². The second-order valence-corrected chi connectivity index (χ2v) is 6.68. The Morgan fingerprint density at radius 3 is 2.63 bits per heavy atom. The first-order valence-corrected chi connectivity index (χ1v) is 8.60. The van der Waals surface area contributed by atoms with Crippen LogP contribution in [0.3, 0.4) is 0 Å². The van der Waals surface area contributed by atoms with E-state index in [1.807, 2.05) is 36.6 Å². The van der Waals surface area contributed by atoms with Crippen LogP contribution in [0, 0.1) is 11.3 Å². The maximum absolute atomic E-state index is 9.65. The third-order valence-corrected chi connectivity index (χ3v) is 4.48. The molecule has 2 aromatic carbocycles. The quantitative estimate of drug-likeness (QED) is 0.507. The maximum Gasteiger partial charge on any atom is 0.145 e. The van der Waals surface area contributed by atoms with Crippen molar-refractivity contribution in [3.8, 4) is 17.5 Å². The van der Waals surface area contributed by atoms with Crippen molar-refractivity contribution < 1.29 is 0 Å². The van der Waals surface area contributed by atoms with E-state index in [2.05, 4.69) is 52.0 Å². The summed E-state index contributed by atoms with van der Waals surface area (Å²) in [6.07, 6.45) is 5.08. The number of rotatable bonds is 4. The molecule has 27 heavy (non-hydrogen) atoms. The number of fused-ring (bicyclic) bond motifs is 1. The Morgan fingerprint density at radius 2 is 1.96 bits per heavy atom. The molecule has 5 nitrogen and oxygen atoms in total. The SMILES string of the molecule is C=N/C=C\C(=NC)n1c(C(C)(C)C#N)cnc1-c1ccc2ccccc2c1. The third-order valence-electron chi connectivity index (χ3n) is 4.48. The minimum absolute atomic E-state index is 0.640. The first-order chi connectivity index (χ1) is 13.0. The zero-order valence-electron chi connectivity index (χ0n) is 15.7. The van der Waals surface area contributed by atoms with E-state index >= 15 is 0 Å². The van der Waals surface area contributed by atoms with Crippen molar-refractivity contribution in [1.82, 2.24) is 9.55 Å². The van der Waals surface area contributed by atoms with E-state index in [1.165, 1.54) is 0 Å². The largest absolute Gasteiger partial charge is 0.279 e. The molecular formula is C22H21N5. The molecule has 0 spiro atoms. The number of hydrogen-bond donors (Lipinski definition) is 0. The van der Waals surface area contributed by atoms with Crippen LogP contribution in [-0.4, -0.2) is 29.2 Å². The number of allylic oxidation sites excluding steroid dienone is 1. The highest BCUT2D eigenvalue weighted by molar-refractivity contribution is 5.98. The predicted molar refractivity (Wildman–Crippen MR) is 111 cm³/mol. The lowest BCUT2D eigenvalue weighted by atomic mass is 9.91. The molecule has 0 atom stereocenters. The average molecular weight is 355 g/mol. The van der Waals surface area contributed by atoms with Gasteiger partial charge in [0.25, 0.3) is 0 Å². The van der Waals surface area contributed by atoms with Crippen LogP contribution in [0.1, 0.15) is 19.5 Å². The van der Waals surface area contributed by atoms with Crippen molar-refractivity contribution in [1.29, 1.82) is 5.26 Å². The molecule has 0 radical (unpaired) electrons. The van der Waals surface area contributed by atoms with Gasteiger partial charge in [0, 0.05) is 18.8 Å². The van der Waals surface area contributed by atoms with Gasteiger partial charge in [0.1, 0.15) is 11.7 Å². The first kappa shape index (κ1) is 18.3. The molecule has 3 rings (SSSR count).